The Bertz CT molecular complexity index is 569. The van der Waals surface area contributed by atoms with E-state index in [0.29, 0.717) is 16.8 Å². The summed E-state index contributed by atoms with van der Waals surface area (Å²) in [5, 5.41) is 0.355. The van der Waals surface area contributed by atoms with Crippen LogP contribution in [0.4, 0.5) is 18.9 Å². The number of halogens is 4. The molecule has 0 radical (unpaired) electrons. The number of aryl methyl sites for hydroxylation is 1. The van der Waals surface area contributed by atoms with Crippen molar-refractivity contribution in [2.75, 3.05) is 5.43 Å². The predicted molar refractivity (Wildman–Crippen MR) is 66.5 cm³/mol. The number of hydrazine groups is 1. The Labute approximate surface area is 108 Å². The minimum absolute atomic E-state index is 0. The molecule has 0 saturated heterocycles. The summed E-state index contributed by atoms with van der Waals surface area (Å²) in [5.41, 5.74) is 2.44. The zero-order valence-electron chi connectivity index (χ0n) is 9.38. The van der Waals surface area contributed by atoms with Gasteiger partial charge in [0, 0.05) is 11.1 Å². The van der Waals surface area contributed by atoms with E-state index in [1.807, 2.05) is 0 Å². The van der Waals surface area contributed by atoms with Gasteiger partial charge in [0.05, 0.1) is 16.8 Å². The quantitative estimate of drug-likeness (QED) is 0.621. The first-order valence-electron chi connectivity index (χ1n) is 4.87. The van der Waals surface area contributed by atoms with Gasteiger partial charge in [-0.2, -0.15) is 13.2 Å². The normalized spacial score (nSPS) is 11.2. The summed E-state index contributed by atoms with van der Waals surface area (Å²) in [6.07, 6.45) is -4.42. The smallest absolute Gasteiger partial charge is 0.323 e. The van der Waals surface area contributed by atoms with Gasteiger partial charge < -0.3 is 5.43 Å². The third-order valence-corrected chi connectivity index (χ3v) is 2.43. The van der Waals surface area contributed by atoms with Crippen LogP contribution in [0.5, 0.6) is 0 Å². The first-order valence-corrected chi connectivity index (χ1v) is 4.87. The third-order valence-electron chi connectivity index (χ3n) is 2.43. The van der Waals surface area contributed by atoms with E-state index >= 15 is 0 Å². The van der Waals surface area contributed by atoms with Crippen LogP contribution in [0.3, 0.4) is 0 Å². The highest BCUT2D eigenvalue weighted by atomic mass is 35.5. The predicted octanol–water partition coefficient (Wildman–Crippen LogP) is 3.27. The number of nitrogens with two attached hydrogens (primary N) is 1. The summed E-state index contributed by atoms with van der Waals surface area (Å²) < 4.78 is 38.4. The molecule has 3 nitrogen and oxygen atoms in total. The van der Waals surface area contributed by atoms with Crippen LogP contribution in [-0.4, -0.2) is 4.98 Å². The summed E-state index contributed by atoms with van der Waals surface area (Å²) in [6, 6.07) is 5.49. The maximum atomic E-state index is 12.8. The van der Waals surface area contributed by atoms with Gasteiger partial charge in [-0.25, -0.2) is 0 Å². The number of benzene rings is 1. The molecule has 0 bridgehead atoms. The minimum atomic E-state index is -4.42. The van der Waals surface area contributed by atoms with E-state index in [-0.39, 0.29) is 17.9 Å². The summed E-state index contributed by atoms with van der Waals surface area (Å²) >= 11 is 0. The molecule has 0 fully saturated rings. The average molecular weight is 278 g/mol. The van der Waals surface area contributed by atoms with E-state index < -0.39 is 11.7 Å². The van der Waals surface area contributed by atoms with E-state index in [9.17, 15) is 13.2 Å². The topological polar surface area (TPSA) is 50.9 Å². The van der Waals surface area contributed by atoms with Crippen LogP contribution in [0.1, 0.15) is 11.3 Å². The number of nitrogen functional groups attached to an aromatic ring is 1. The number of nitrogens with zero attached hydrogens (tertiary/aromatic N) is 1. The van der Waals surface area contributed by atoms with Crippen LogP contribution in [0.25, 0.3) is 10.9 Å². The number of aromatic nitrogens is 1. The molecule has 98 valence electrons. The van der Waals surface area contributed by atoms with Crippen LogP contribution in [0, 0.1) is 6.92 Å². The summed E-state index contributed by atoms with van der Waals surface area (Å²) in [7, 11) is 0. The second-order valence-electron chi connectivity index (χ2n) is 3.66. The Kier molecular flexibility index (Phi) is 4.03. The van der Waals surface area contributed by atoms with Crippen LogP contribution in [-0.2, 0) is 6.18 Å². The lowest BCUT2D eigenvalue weighted by Crippen LogP contribution is -2.10. The highest BCUT2D eigenvalue weighted by molar-refractivity contribution is 5.93. The molecule has 0 unspecified atom stereocenters. The Morgan fingerprint density at radius 2 is 1.94 bits per heavy atom. The van der Waals surface area contributed by atoms with Crippen molar-refractivity contribution in [2.45, 2.75) is 13.1 Å². The number of rotatable bonds is 1. The first kappa shape index (κ1) is 14.5. The van der Waals surface area contributed by atoms with Crippen molar-refractivity contribution in [1.82, 2.24) is 4.98 Å². The fourth-order valence-electron chi connectivity index (χ4n) is 1.72. The van der Waals surface area contributed by atoms with Crippen LogP contribution < -0.4 is 11.3 Å². The minimum Gasteiger partial charge on any atom is -0.323 e. The molecule has 0 atom stereocenters. The van der Waals surface area contributed by atoms with Crippen molar-refractivity contribution in [1.29, 1.82) is 0 Å². The Hall–Kier alpha value is -1.53. The zero-order chi connectivity index (χ0) is 12.6. The van der Waals surface area contributed by atoms with E-state index in [1.165, 1.54) is 6.07 Å². The van der Waals surface area contributed by atoms with Gasteiger partial charge in [0.2, 0.25) is 0 Å². The van der Waals surface area contributed by atoms with Gasteiger partial charge in [-0.05, 0) is 19.1 Å². The highest BCUT2D eigenvalue weighted by Crippen LogP contribution is 2.35. The van der Waals surface area contributed by atoms with Crippen molar-refractivity contribution < 1.29 is 13.2 Å². The van der Waals surface area contributed by atoms with Crippen molar-refractivity contribution in [3.8, 4) is 0 Å². The fourth-order valence-corrected chi connectivity index (χ4v) is 1.72. The molecule has 0 aliphatic carbocycles. The number of pyridine rings is 1. The summed E-state index contributed by atoms with van der Waals surface area (Å²) in [6.45, 7) is 1.62. The van der Waals surface area contributed by atoms with Gasteiger partial charge in [-0.1, -0.05) is 12.1 Å². The SMILES string of the molecule is Cc1cc(NN)c2cccc(C(F)(F)F)c2n1.Cl. The van der Waals surface area contributed by atoms with Gasteiger partial charge in [0.25, 0.3) is 0 Å². The average Bonchev–Trinajstić information content (AvgIpc) is 2.25. The fraction of sp³-hybridized carbons (Fsp3) is 0.182. The molecule has 1 aromatic heterocycles. The zero-order valence-corrected chi connectivity index (χ0v) is 10.2. The molecular formula is C11H11ClF3N3. The van der Waals surface area contributed by atoms with Crippen LogP contribution >= 0.6 is 12.4 Å². The molecular weight excluding hydrogens is 267 g/mol. The number of alkyl halides is 3. The number of hydrogen-bond acceptors (Lipinski definition) is 3. The maximum absolute atomic E-state index is 12.8. The van der Waals surface area contributed by atoms with E-state index in [0.717, 1.165) is 6.07 Å². The Morgan fingerprint density at radius 1 is 1.28 bits per heavy atom. The molecule has 7 heteroatoms. The largest absolute Gasteiger partial charge is 0.418 e. The highest BCUT2D eigenvalue weighted by Gasteiger charge is 2.33. The van der Waals surface area contributed by atoms with E-state index in [1.54, 1.807) is 19.1 Å². The summed E-state index contributed by atoms with van der Waals surface area (Å²) in [5.74, 6) is 5.28. The standard InChI is InChI=1S/C11H10F3N3.ClH/c1-6-5-9(17-15)7-3-2-4-8(10(7)16-6)11(12,13)14;/h2-5H,15H2,1H3,(H,16,17);1H. The number of hydrogen-bond donors (Lipinski definition) is 2. The van der Waals surface area contributed by atoms with Gasteiger partial charge in [0.15, 0.2) is 0 Å². The van der Waals surface area contributed by atoms with Gasteiger partial charge in [0.1, 0.15) is 0 Å². The molecule has 0 aliphatic heterocycles. The monoisotopic (exact) mass is 277 g/mol. The lowest BCUT2D eigenvalue weighted by atomic mass is 10.1. The third kappa shape index (κ3) is 2.49. The molecule has 2 rings (SSSR count). The lowest BCUT2D eigenvalue weighted by Gasteiger charge is -2.12. The maximum Gasteiger partial charge on any atom is 0.418 e. The second-order valence-corrected chi connectivity index (χ2v) is 3.66. The van der Waals surface area contributed by atoms with Gasteiger partial charge >= 0.3 is 6.18 Å². The molecule has 0 amide bonds. The van der Waals surface area contributed by atoms with Crippen LogP contribution in [0.2, 0.25) is 0 Å². The number of para-hydroxylation sites is 1. The number of fused-ring (bicyclic) bond motifs is 1. The molecule has 0 saturated carbocycles. The van der Waals surface area contributed by atoms with Gasteiger partial charge in [-0.15, -0.1) is 12.4 Å². The van der Waals surface area contributed by atoms with E-state index in [4.69, 9.17) is 5.84 Å². The molecule has 2 aromatic rings. The lowest BCUT2D eigenvalue weighted by molar-refractivity contribution is -0.136. The van der Waals surface area contributed by atoms with Crippen LogP contribution in [0.15, 0.2) is 24.3 Å². The molecule has 18 heavy (non-hydrogen) atoms. The summed E-state index contributed by atoms with van der Waals surface area (Å²) in [4.78, 5) is 3.94. The first-order chi connectivity index (χ1) is 7.93. The number of nitrogens with one attached hydrogen (secondary N) is 1. The van der Waals surface area contributed by atoms with Crippen molar-refractivity contribution in [3.63, 3.8) is 0 Å². The van der Waals surface area contributed by atoms with Crippen molar-refractivity contribution in [3.05, 3.63) is 35.5 Å². The van der Waals surface area contributed by atoms with Crippen molar-refractivity contribution in [2.24, 2.45) is 5.84 Å². The van der Waals surface area contributed by atoms with E-state index in [2.05, 4.69) is 10.4 Å². The number of anilines is 1. The molecule has 0 spiro atoms. The molecule has 0 aliphatic rings. The molecule has 1 heterocycles. The molecule has 1 aromatic carbocycles. The molecule has 3 N–H and O–H groups in total. The van der Waals surface area contributed by atoms with Crippen molar-refractivity contribution >= 4 is 29.0 Å². The Balaban J connectivity index is 0.00000162. The second kappa shape index (κ2) is 4.99. The van der Waals surface area contributed by atoms with Gasteiger partial charge in [-0.3, -0.25) is 10.8 Å². The Morgan fingerprint density at radius 3 is 2.50 bits per heavy atom.